The first-order valence-electron chi connectivity index (χ1n) is 15.0. The molecule has 3 aromatic carbocycles. The molecule has 1 fully saturated rings. The molecule has 9 heteroatoms. The summed E-state index contributed by atoms with van der Waals surface area (Å²) in [5, 5.41) is 5.34. The molecule has 3 heterocycles. The molecule has 5 aromatic rings. The minimum Gasteiger partial charge on any atom is -0.489 e. The predicted molar refractivity (Wildman–Crippen MR) is 175 cm³/mol. The van der Waals surface area contributed by atoms with Crippen molar-refractivity contribution >= 4 is 33.0 Å². The second kappa shape index (κ2) is 12.0. The van der Waals surface area contributed by atoms with Crippen molar-refractivity contribution in [3.8, 4) is 22.9 Å². The van der Waals surface area contributed by atoms with E-state index in [1.807, 2.05) is 60.7 Å². The highest BCUT2D eigenvalue weighted by molar-refractivity contribution is 9.10. The van der Waals surface area contributed by atoms with Crippen molar-refractivity contribution in [3.63, 3.8) is 0 Å². The Morgan fingerprint density at radius 1 is 0.977 bits per heavy atom. The summed E-state index contributed by atoms with van der Waals surface area (Å²) in [5.74, 6) is 3.27. The van der Waals surface area contributed by atoms with Crippen LogP contribution in [0.2, 0.25) is 0 Å². The molecule has 0 spiro atoms. The number of aromatic nitrogens is 3. The Bertz CT molecular complexity index is 1940. The van der Waals surface area contributed by atoms with E-state index >= 15 is 0 Å². The average molecular weight is 654 g/mol. The summed E-state index contributed by atoms with van der Waals surface area (Å²) in [6, 6.07) is 21.7. The Kier molecular flexibility index (Phi) is 7.72. The fourth-order valence-corrected chi connectivity index (χ4v) is 6.59. The summed E-state index contributed by atoms with van der Waals surface area (Å²) < 4.78 is 21.5. The van der Waals surface area contributed by atoms with E-state index in [0.717, 1.165) is 81.4 Å². The number of hydrogen-bond acceptors (Lipinski definition) is 6. The van der Waals surface area contributed by atoms with Gasteiger partial charge < -0.3 is 18.8 Å². The molecule has 1 aliphatic carbocycles. The number of hydrogen-bond donors (Lipinski definition) is 0. The minimum atomic E-state index is -0.140. The van der Waals surface area contributed by atoms with E-state index in [2.05, 4.69) is 40.4 Å². The highest BCUT2D eigenvalue weighted by Crippen LogP contribution is 2.34. The maximum atomic E-state index is 13.7. The van der Waals surface area contributed by atoms with Crippen molar-refractivity contribution in [2.45, 2.75) is 58.5 Å². The van der Waals surface area contributed by atoms with Crippen LogP contribution in [-0.4, -0.2) is 27.2 Å². The lowest BCUT2D eigenvalue weighted by molar-refractivity contribution is 0.174. The summed E-state index contributed by atoms with van der Waals surface area (Å²) in [4.78, 5) is 18.7. The van der Waals surface area contributed by atoms with Crippen molar-refractivity contribution < 1.29 is 14.2 Å². The van der Waals surface area contributed by atoms with Gasteiger partial charge in [-0.3, -0.25) is 4.79 Å². The van der Waals surface area contributed by atoms with Crippen molar-refractivity contribution in [2.75, 3.05) is 6.79 Å². The Balaban J connectivity index is 1.15. The van der Waals surface area contributed by atoms with Gasteiger partial charge in [0.2, 0.25) is 6.79 Å². The summed E-state index contributed by atoms with van der Waals surface area (Å²) in [7, 11) is 0. The van der Waals surface area contributed by atoms with Crippen LogP contribution in [0, 0.1) is 13.8 Å². The molecular formula is C35H33BrN4O4. The topological polar surface area (TPSA) is 79.9 Å². The van der Waals surface area contributed by atoms with E-state index in [4.69, 9.17) is 24.3 Å². The van der Waals surface area contributed by atoms with Crippen molar-refractivity contribution in [3.05, 3.63) is 110 Å². The predicted octanol–water partition coefficient (Wildman–Crippen LogP) is 7.80. The molecule has 1 saturated carbocycles. The van der Waals surface area contributed by atoms with Crippen LogP contribution in [0.5, 0.6) is 17.2 Å². The van der Waals surface area contributed by atoms with E-state index in [-0.39, 0.29) is 18.3 Å². The van der Waals surface area contributed by atoms with Gasteiger partial charge in [-0.2, -0.15) is 9.78 Å². The van der Waals surface area contributed by atoms with Crippen molar-refractivity contribution in [2.24, 2.45) is 5.10 Å². The first-order chi connectivity index (χ1) is 21.4. The maximum Gasteiger partial charge on any atom is 0.282 e. The van der Waals surface area contributed by atoms with E-state index in [1.165, 1.54) is 11.1 Å². The average Bonchev–Trinajstić information content (AvgIpc) is 3.63. The van der Waals surface area contributed by atoms with Crippen LogP contribution >= 0.6 is 15.9 Å². The first-order valence-corrected chi connectivity index (χ1v) is 15.8. The third-order valence-electron chi connectivity index (χ3n) is 8.52. The number of nitrogens with zero attached hydrogens (tertiary/aromatic N) is 4. The first kappa shape index (κ1) is 28.4. The molecule has 0 atom stereocenters. The summed E-state index contributed by atoms with van der Waals surface area (Å²) >= 11 is 3.50. The van der Waals surface area contributed by atoms with Gasteiger partial charge >= 0.3 is 0 Å². The third-order valence-corrected chi connectivity index (χ3v) is 9.02. The normalized spacial score (nSPS) is 15.0. The van der Waals surface area contributed by atoms with Gasteiger partial charge in [-0.15, -0.1) is 0 Å². The van der Waals surface area contributed by atoms with Crippen molar-refractivity contribution in [1.82, 2.24) is 14.2 Å². The minimum absolute atomic E-state index is 0.140. The van der Waals surface area contributed by atoms with E-state index < -0.39 is 0 Å². The van der Waals surface area contributed by atoms with Crippen LogP contribution in [0.1, 0.15) is 66.4 Å². The van der Waals surface area contributed by atoms with Crippen molar-refractivity contribution in [1.29, 1.82) is 0 Å². The Hall–Kier alpha value is -4.37. The van der Waals surface area contributed by atoms with Crippen LogP contribution in [0.15, 0.2) is 81.1 Å². The number of aryl methyl sites for hydroxylation is 1. The Labute approximate surface area is 264 Å². The van der Waals surface area contributed by atoms with E-state index in [9.17, 15) is 4.79 Å². The van der Waals surface area contributed by atoms with Crippen LogP contribution in [0.3, 0.4) is 0 Å². The molecule has 0 unspecified atom stereocenters. The van der Waals surface area contributed by atoms with Gasteiger partial charge in [-0.25, -0.2) is 4.98 Å². The zero-order chi connectivity index (χ0) is 30.2. The van der Waals surface area contributed by atoms with Gasteiger partial charge in [0, 0.05) is 33.0 Å². The Morgan fingerprint density at radius 3 is 2.59 bits per heavy atom. The molecule has 44 heavy (non-hydrogen) atoms. The summed E-state index contributed by atoms with van der Waals surface area (Å²) in [6.07, 6.45) is 7.35. The second-order valence-electron chi connectivity index (χ2n) is 11.5. The molecule has 0 radical (unpaired) electrons. The fraction of sp³-hybridized carbons (Fsp3) is 0.286. The number of benzene rings is 3. The van der Waals surface area contributed by atoms with Gasteiger partial charge in [-0.05, 0) is 92.9 Å². The fourth-order valence-electron chi connectivity index (χ4n) is 6.23. The van der Waals surface area contributed by atoms with Gasteiger partial charge in [0.05, 0.1) is 17.1 Å². The molecule has 2 aromatic heterocycles. The smallest absolute Gasteiger partial charge is 0.282 e. The molecule has 0 saturated heterocycles. The Morgan fingerprint density at radius 2 is 1.77 bits per heavy atom. The molecule has 0 amide bonds. The standard InChI is InChI=1S/C35H33BrN4O4/c1-22-16-26(19-37-40-34(25-6-4-3-5-7-25)38-31-14-9-27(36)18-30(31)35(40)41)23(2)39(22)28-10-12-29(13-11-28)42-20-24-8-15-32-33(17-24)44-21-43-32/h8-19,25H,3-7,20-21H2,1-2H3. The van der Waals surface area contributed by atoms with Gasteiger partial charge in [0.15, 0.2) is 11.5 Å². The lowest BCUT2D eigenvalue weighted by Crippen LogP contribution is -2.25. The van der Waals surface area contributed by atoms with Crippen LogP contribution in [0.4, 0.5) is 0 Å². The highest BCUT2D eigenvalue weighted by Gasteiger charge is 2.23. The second-order valence-corrected chi connectivity index (χ2v) is 12.4. The lowest BCUT2D eigenvalue weighted by Gasteiger charge is -2.22. The zero-order valence-corrected chi connectivity index (χ0v) is 26.3. The largest absolute Gasteiger partial charge is 0.489 e. The molecule has 8 nitrogen and oxygen atoms in total. The molecule has 224 valence electrons. The zero-order valence-electron chi connectivity index (χ0n) is 24.8. The molecule has 1 aliphatic heterocycles. The maximum absolute atomic E-state index is 13.7. The SMILES string of the molecule is Cc1cc(C=Nn2c(C3CCCCC3)nc3ccc(Br)cc3c2=O)c(C)n1-c1ccc(OCc2ccc3c(c2)OCO3)cc1. The van der Waals surface area contributed by atoms with Gasteiger partial charge in [-0.1, -0.05) is 41.3 Å². The third kappa shape index (κ3) is 5.52. The highest BCUT2D eigenvalue weighted by atomic mass is 79.9. The lowest BCUT2D eigenvalue weighted by atomic mass is 9.88. The van der Waals surface area contributed by atoms with Crippen LogP contribution < -0.4 is 19.8 Å². The monoisotopic (exact) mass is 652 g/mol. The summed E-state index contributed by atoms with van der Waals surface area (Å²) in [5.41, 5.74) is 5.65. The number of halogens is 1. The van der Waals surface area contributed by atoms with Crippen LogP contribution in [0.25, 0.3) is 16.6 Å². The molecule has 2 aliphatic rings. The van der Waals surface area contributed by atoms with E-state index in [0.29, 0.717) is 17.5 Å². The molecular weight excluding hydrogens is 620 g/mol. The van der Waals surface area contributed by atoms with Crippen LogP contribution in [-0.2, 0) is 6.61 Å². The number of fused-ring (bicyclic) bond motifs is 2. The quantitative estimate of drug-likeness (QED) is 0.168. The summed E-state index contributed by atoms with van der Waals surface area (Å²) in [6.45, 7) is 4.83. The molecule has 7 rings (SSSR count). The van der Waals surface area contributed by atoms with Gasteiger partial charge in [0.1, 0.15) is 18.2 Å². The molecule has 0 bridgehead atoms. The van der Waals surface area contributed by atoms with Gasteiger partial charge in [0.25, 0.3) is 5.56 Å². The number of rotatable bonds is 7. The molecule has 0 N–H and O–H groups in total. The number of ether oxygens (including phenoxy) is 3. The van der Waals surface area contributed by atoms with E-state index in [1.54, 1.807) is 6.21 Å².